The van der Waals surface area contributed by atoms with E-state index in [1.165, 1.54) is 0 Å². The van der Waals surface area contributed by atoms with Gasteiger partial charge in [-0.05, 0) is 0 Å². The van der Waals surface area contributed by atoms with E-state index in [0.717, 1.165) is 13.1 Å². The molecule has 0 saturated carbocycles. The van der Waals surface area contributed by atoms with E-state index in [1.54, 1.807) is 4.90 Å². The molecule has 88 valence electrons. The molecule has 0 radical (unpaired) electrons. The molecule has 7 heteroatoms. The second-order valence-electron chi connectivity index (χ2n) is 3.85. The van der Waals surface area contributed by atoms with Crippen LogP contribution >= 0.6 is 0 Å². The third-order valence-electron chi connectivity index (χ3n) is 2.71. The van der Waals surface area contributed by atoms with Crippen molar-refractivity contribution in [1.29, 1.82) is 0 Å². The van der Waals surface area contributed by atoms with E-state index in [1.807, 2.05) is 0 Å². The summed E-state index contributed by atoms with van der Waals surface area (Å²) < 4.78 is 0. The average molecular weight is 226 g/mol. The second kappa shape index (κ2) is 4.48. The number of nitrogens with one attached hydrogen (secondary N) is 3. The number of amides is 4. The summed E-state index contributed by atoms with van der Waals surface area (Å²) in [4.78, 5) is 35.5. The minimum absolute atomic E-state index is 0.0393. The van der Waals surface area contributed by atoms with Gasteiger partial charge in [0.2, 0.25) is 5.91 Å². The van der Waals surface area contributed by atoms with Crippen LogP contribution in [0, 0.1) is 0 Å². The number of hydrogen-bond donors (Lipinski definition) is 3. The minimum atomic E-state index is -0.713. The van der Waals surface area contributed by atoms with E-state index in [-0.39, 0.29) is 12.3 Å². The number of hydrogen-bond acceptors (Lipinski definition) is 4. The van der Waals surface area contributed by atoms with Crippen LogP contribution in [0.5, 0.6) is 0 Å². The van der Waals surface area contributed by atoms with Gasteiger partial charge in [-0.25, -0.2) is 4.79 Å². The van der Waals surface area contributed by atoms with E-state index in [4.69, 9.17) is 0 Å². The largest absolute Gasteiger partial charge is 0.340 e. The van der Waals surface area contributed by atoms with Gasteiger partial charge in [0.25, 0.3) is 5.91 Å². The molecular weight excluding hydrogens is 212 g/mol. The maximum absolute atomic E-state index is 11.8. The highest BCUT2D eigenvalue weighted by molar-refractivity contribution is 6.05. The minimum Gasteiger partial charge on any atom is -0.340 e. The lowest BCUT2D eigenvalue weighted by molar-refractivity contribution is -0.134. The van der Waals surface area contributed by atoms with Gasteiger partial charge in [-0.2, -0.15) is 0 Å². The van der Waals surface area contributed by atoms with Crippen LogP contribution in [0.25, 0.3) is 0 Å². The lowest BCUT2D eigenvalue weighted by atomic mass is 10.2. The summed E-state index contributed by atoms with van der Waals surface area (Å²) in [7, 11) is 0. The molecule has 1 unspecified atom stereocenters. The van der Waals surface area contributed by atoms with E-state index in [9.17, 15) is 14.4 Å². The second-order valence-corrected chi connectivity index (χ2v) is 3.85. The van der Waals surface area contributed by atoms with Crippen LogP contribution in [0.15, 0.2) is 0 Å². The Bertz CT molecular complexity index is 325. The third kappa shape index (κ3) is 2.30. The molecule has 0 aromatic rings. The molecule has 7 nitrogen and oxygen atoms in total. The predicted molar refractivity (Wildman–Crippen MR) is 54.5 cm³/mol. The van der Waals surface area contributed by atoms with Crippen LogP contribution in [0.3, 0.4) is 0 Å². The van der Waals surface area contributed by atoms with Crippen molar-refractivity contribution in [3.8, 4) is 0 Å². The number of nitrogens with zero attached hydrogens (tertiary/aromatic N) is 1. The van der Waals surface area contributed by atoms with E-state index in [0.29, 0.717) is 13.1 Å². The molecule has 2 aliphatic heterocycles. The maximum Gasteiger partial charge on any atom is 0.322 e. The molecule has 2 aliphatic rings. The van der Waals surface area contributed by atoms with Crippen LogP contribution in [0.4, 0.5) is 4.79 Å². The number of rotatable bonds is 2. The monoisotopic (exact) mass is 226 g/mol. The van der Waals surface area contributed by atoms with E-state index >= 15 is 0 Å². The first-order chi connectivity index (χ1) is 7.66. The van der Waals surface area contributed by atoms with Crippen molar-refractivity contribution in [2.24, 2.45) is 0 Å². The van der Waals surface area contributed by atoms with Gasteiger partial charge in [-0.1, -0.05) is 0 Å². The van der Waals surface area contributed by atoms with Gasteiger partial charge in [0.1, 0.15) is 6.04 Å². The molecule has 2 heterocycles. The topological polar surface area (TPSA) is 90.5 Å². The molecule has 0 aromatic carbocycles. The predicted octanol–water partition coefficient (Wildman–Crippen LogP) is -1.98. The summed E-state index contributed by atoms with van der Waals surface area (Å²) in [6, 6.07) is -1.24. The van der Waals surface area contributed by atoms with Gasteiger partial charge < -0.3 is 15.5 Å². The normalized spacial score (nSPS) is 25.2. The van der Waals surface area contributed by atoms with Crippen molar-refractivity contribution in [1.82, 2.24) is 20.9 Å². The highest BCUT2D eigenvalue weighted by Gasteiger charge is 2.32. The lowest BCUT2D eigenvalue weighted by Gasteiger charge is -2.28. The number of carbonyl (C=O) groups excluding carboxylic acids is 3. The Morgan fingerprint density at radius 1 is 1.31 bits per heavy atom. The molecule has 3 N–H and O–H groups in total. The van der Waals surface area contributed by atoms with E-state index < -0.39 is 18.0 Å². The Hall–Kier alpha value is -1.63. The standard InChI is InChI=1S/C9H14N4O3/c14-7(13-3-1-10-2-4-13)5-6-8(15)12-9(16)11-6/h6,10H,1-5H2,(H2,11,12,15,16). The Morgan fingerprint density at radius 3 is 2.56 bits per heavy atom. The molecule has 0 aliphatic carbocycles. The maximum atomic E-state index is 11.8. The summed E-state index contributed by atoms with van der Waals surface area (Å²) in [5, 5.41) is 7.65. The molecule has 0 aromatic heterocycles. The van der Waals surface area contributed by atoms with Crippen LogP contribution in [-0.4, -0.2) is 55.0 Å². The van der Waals surface area contributed by atoms with E-state index in [2.05, 4.69) is 16.0 Å². The fourth-order valence-corrected chi connectivity index (χ4v) is 1.82. The van der Waals surface area contributed by atoms with Crippen molar-refractivity contribution >= 4 is 17.8 Å². The molecule has 0 spiro atoms. The first kappa shape index (κ1) is 10.9. The summed E-state index contributed by atoms with van der Waals surface area (Å²) in [6.45, 7) is 2.85. The molecule has 2 rings (SSSR count). The third-order valence-corrected chi connectivity index (χ3v) is 2.71. The molecule has 2 fully saturated rings. The van der Waals surface area contributed by atoms with Crippen molar-refractivity contribution in [3.63, 3.8) is 0 Å². The smallest absolute Gasteiger partial charge is 0.322 e. The summed E-state index contributed by atoms with van der Waals surface area (Å²) in [6.07, 6.45) is 0.0393. The number of carbonyl (C=O) groups is 3. The summed E-state index contributed by atoms with van der Waals surface area (Å²) >= 11 is 0. The number of imide groups is 1. The Kier molecular flexibility index (Phi) is 3.04. The van der Waals surface area contributed by atoms with Crippen LogP contribution in [0.2, 0.25) is 0 Å². The molecule has 1 atom stereocenters. The van der Waals surface area contributed by atoms with Crippen LogP contribution in [-0.2, 0) is 9.59 Å². The first-order valence-electron chi connectivity index (χ1n) is 5.26. The van der Waals surface area contributed by atoms with Gasteiger partial charge in [-0.15, -0.1) is 0 Å². The van der Waals surface area contributed by atoms with Crippen LogP contribution in [0.1, 0.15) is 6.42 Å². The average Bonchev–Trinajstić information content (AvgIpc) is 2.59. The SMILES string of the molecule is O=C1NC(=O)C(CC(=O)N2CCNCC2)N1. The molecular formula is C9H14N4O3. The van der Waals surface area contributed by atoms with Gasteiger partial charge in [-0.3, -0.25) is 14.9 Å². The van der Waals surface area contributed by atoms with Gasteiger partial charge in [0, 0.05) is 26.2 Å². The molecule has 2 saturated heterocycles. The number of urea groups is 1. The Morgan fingerprint density at radius 2 is 2.00 bits per heavy atom. The number of piperazine rings is 1. The van der Waals surface area contributed by atoms with Gasteiger partial charge >= 0.3 is 6.03 Å². The first-order valence-corrected chi connectivity index (χ1v) is 5.26. The zero-order valence-corrected chi connectivity index (χ0v) is 8.78. The van der Waals surface area contributed by atoms with Crippen molar-refractivity contribution in [3.05, 3.63) is 0 Å². The summed E-state index contributed by atoms with van der Waals surface area (Å²) in [5.41, 5.74) is 0. The summed E-state index contributed by atoms with van der Waals surface area (Å²) in [5.74, 6) is -0.516. The quantitative estimate of drug-likeness (QED) is 0.476. The van der Waals surface area contributed by atoms with Gasteiger partial charge in [0.05, 0.1) is 6.42 Å². The highest BCUT2D eigenvalue weighted by atomic mass is 16.2. The zero-order chi connectivity index (χ0) is 11.5. The van der Waals surface area contributed by atoms with Gasteiger partial charge in [0.15, 0.2) is 0 Å². The molecule has 0 bridgehead atoms. The van der Waals surface area contributed by atoms with Crippen molar-refractivity contribution in [2.75, 3.05) is 26.2 Å². The van der Waals surface area contributed by atoms with Crippen LogP contribution < -0.4 is 16.0 Å². The zero-order valence-electron chi connectivity index (χ0n) is 8.78. The van der Waals surface area contributed by atoms with Crippen molar-refractivity contribution < 1.29 is 14.4 Å². The lowest BCUT2D eigenvalue weighted by Crippen LogP contribution is -2.48. The Balaban J connectivity index is 1.86. The highest BCUT2D eigenvalue weighted by Crippen LogP contribution is 2.04. The Labute approximate surface area is 92.5 Å². The fourth-order valence-electron chi connectivity index (χ4n) is 1.82. The fraction of sp³-hybridized carbons (Fsp3) is 0.667. The van der Waals surface area contributed by atoms with Crippen molar-refractivity contribution in [2.45, 2.75) is 12.5 Å². The molecule has 16 heavy (non-hydrogen) atoms. The molecule has 4 amide bonds.